The number of aryl methyl sites for hydroxylation is 1. The third-order valence-electron chi connectivity index (χ3n) is 6.85. The third kappa shape index (κ3) is 3.65. The Kier molecular flexibility index (Phi) is 4.91. The molecule has 0 amide bonds. The normalized spacial score (nSPS) is 20.7. The van der Waals surface area contributed by atoms with Crippen LogP contribution in [0.1, 0.15) is 55.2 Å². The first kappa shape index (κ1) is 19.7. The van der Waals surface area contributed by atoms with Gasteiger partial charge >= 0.3 is 0 Å². The maximum absolute atomic E-state index is 10.8. The number of piperidine rings is 1. The van der Waals surface area contributed by atoms with Crippen LogP contribution >= 0.6 is 0 Å². The van der Waals surface area contributed by atoms with Crippen LogP contribution in [-0.4, -0.2) is 44.2 Å². The Morgan fingerprint density at radius 3 is 2.60 bits per heavy atom. The predicted molar refractivity (Wildman–Crippen MR) is 120 cm³/mol. The van der Waals surface area contributed by atoms with Crippen molar-refractivity contribution in [3.8, 4) is 0 Å². The highest BCUT2D eigenvalue weighted by molar-refractivity contribution is 5.77. The lowest BCUT2D eigenvalue weighted by molar-refractivity contribution is 0.0603. The summed E-state index contributed by atoms with van der Waals surface area (Å²) in [5, 5.41) is 10.8. The van der Waals surface area contributed by atoms with E-state index in [1.54, 1.807) is 0 Å². The first-order chi connectivity index (χ1) is 14.4. The van der Waals surface area contributed by atoms with E-state index in [1.807, 2.05) is 26.2 Å². The van der Waals surface area contributed by atoms with Crippen molar-refractivity contribution < 1.29 is 5.11 Å². The van der Waals surface area contributed by atoms with Crippen molar-refractivity contribution in [1.82, 2.24) is 19.4 Å². The van der Waals surface area contributed by atoms with E-state index in [9.17, 15) is 5.11 Å². The van der Waals surface area contributed by atoms with Crippen LogP contribution < -0.4 is 0 Å². The van der Waals surface area contributed by atoms with E-state index in [0.717, 1.165) is 49.2 Å². The zero-order valence-electron chi connectivity index (χ0n) is 18.3. The maximum atomic E-state index is 10.8. The fraction of sp³-hybridized carbons (Fsp3) is 0.520. The first-order valence-corrected chi connectivity index (χ1v) is 11.2. The molecule has 1 unspecified atom stereocenters. The van der Waals surface area contributed by atoms with Crippen molar-refractivity contribution in [3.05, 3.63) is 59.2 Å². The molecule has 2 aromatic heterocycles. The van der Waals surface area contributed by atoms with Gasteiger partial charge in [0.25, 0.3) is 0 Å². The van der Waals surface area contributed by atoms with Gasteiger partial charge in [-0.1, -0.05) is 6.07 Å². The van der Waals surface area contributed by atoms with E-state index in [4.69, 9.17) is 4.98 Å². The van der Waals surface area contributed by atoms with Gasteiger partial charge in [0.2, 0.25) is 0 Å². The summed E-state index contributed by atoms with van der Waals surface area (Å²) in [4.78, 5) is 11.8. The number of rotatable bonds is 4. The summed E-state index contributed by atoms with van der Waals surface area (Å²) in [6, 6.07) is 9.02. The summed E-state index contributed by atoms with van der Waals surface area (Å²) in [5.74, 6) is 1.50. The highest BCUT2D eigenvalue weighted by Gasteiger charge is 2.31. The number of hydrogen-bond donors (Lipinski definition) is 1. The minimum atomic E-state index is -0.951. The van der Waals surface area contributed by atoms with E-state index in [1.165, 1.54) is 29.7 Å². The molecule has 1 atom stereocenters. The van der Waals surface area contributed by atoms with Crippen molar-refractivity contribution in [2.24, 2.45) is 5.92 Å². The summed E-state index contributed by atoms with van der Waals surface area (Å²) in [5.41, 5.74) is 5.32. The van der Waals surface area contributed by atoms with Gasteiger partial charge < -0.3 is 14.6 Å². The minimum Gasteiger partial charge on any atom is -0.383 e. The number of imidazole rings is 1. The molecule has 1 N–H and O–H groups in total. The van der Waals surface area contributed by atoms with Gasteiger partial charge in [-0.25, -0.2) is 4.98 Å². The molecule has 0 radical (unpaired) electrons. The molecule has 158 valence electrons. The Labute approximate surface area is 178 Å². The minimum absolute atomic E-state index is 0.389. The van der Waals surface area contributed by atoms with Crippen molar-refractivity contribution in [1.29, 1.82) is 0 Å². The number of pyridine rings is 1. The fourth-order valence-electron chi connectivity index (χ4n) is 5.40. The molecule has 30 heavy (non-hydrogen) atoms. The van der Waals surface area contributed by atoms with Crippen LogP contribution in [0.3, 0.4) is 0 Å². The van der Waals surface area contributed by atoms with E-state index in [2.05, 4.69) is 45.6 Å². The molecule has 1 saturated heterocycles. The van der Waals surface area contributed by atoms with Gasteiger partial charge in [0.15, 0.2) is 0 Å². The van der Waals surface area contributed by atoms with Gasteiger partial charge in [-0.3, -0.25) is 4.98 Å². The Morgan fingerprint density at radius 2 is 1.87 bits per heavy atom. The lowest BCUT2D eigenvalue weighted by atomic mass is 9.99. The first-order valence-electron chi connectivity index (χ1n) is 11.2. The van der Waals surface area contributed by atoms with Gasteiger partial charge in [-0.15, -0.1) is 0 Å². The smallest absolute Gasteiger partial charge is 0.141 e. The van der Waals surface area contributed by atoms with Crippen LogP contribution in [0.4, 0.5) is 0 Å². The number of nitrogens with zero attached hydrogens (tertiary/aromatic N) is 4. The Balaban J connectivity index is 1.31. The molecule has 1 aliphatic carbocycles. The number of aliphatic hydroxyl groups is 1. The summed E-state index contributed by atoms with van der Waals surface area (Å²) in [7, 11) is 0. The fourth-order valence-corrected chi connectivity index (χ4v) is 5.40. The molecular formula is C25H32N4O. The summed E-state index contributed by atoms with van der Waals surface area (Å²) in [6.07, 6.45) is 8.52. The Hall–Kier alpha value is -2.24. The molecular weight excluding hydrogens is 372 g/mol. The van der Waals surface area contributed by atoms with Crippen molar-refractivity contribution in [3.63, 3.8) is 0 Å². The largest absolute Gasteiger partial charge is 0.383 e. The van der Waals surface area contributed by atoms with E-state index < -0.39 is 5.60 Å². The van der Waals surface area contributed by atoms with E-state index in [0.29, 0.717) is 12.0 Å². The van der Waals surface area contributed by atoms with Gasteiger partial charge in [-0.2, -0.15) is 0 Å². The molecule has 5 nitrogen and oxygen atoms in total. The zero-order chi connectivity index (χ0) is 20.9. The van der Waals surface area contributed by atoms with Crippen molar-refractivity contribution in [2.75, 3.05) is 19.6 Å². The average Bonchev–Trinajstić information content (AvgIpc) is 3.29. The molecule has 2 aliphatic rings. The van der Waals surface area contributed by atoms with Crippen LogP contribution in [0.2, 0.25) is 0 Å². The highest BCUT2D eigenvalue weighted by atomic mass is 16.3. The standard InChI is InChI=1S/C25H32N4O/c1-17-4-5-23-22(12-17)27-24(25(2,3)30)29(23)21-7-10-28(11-8-21)16-18-13-19-6-9-26-15-20(19)14-18/h4-6,9,12,15,18,21,30H,7-8,10-11,13-14,16H2,1-3H3. The van der Waals surface area contributed by atoms with E-state index in [-0.39, 0.29) is 0 Å². The van der Waals surface area contributed by atoms with Gasteiger partial charge in [0.1, 0.15) is 11.4 Å². The number of aromatic nitrogens is 3. The van der Waals surface area contributed by atoms with Crippen molar-refractivity contribution in [2.45, 2.75) is 58.1 Å². The Morgan fingerprint density at radius 1 is 1.10 bits per heavy atom. The van der Waals surface area contributed by atoms with Crippen LogP contribution in [-0.2, 0) is 18.4 Å². The van der Waals surface area contributed by atoms with Crippen LogP contribution in [0.25, 0.3) is 11.0 Å². The molecule has 0 saturated carbocycles. The Bertz CT molecular complexity index is 1030. The average molecular weight is 405 g/mol. The number of hydrogen-bond acceptors (Lipinski definition) is 4. The molecule has 5 heteroatoms. The van der Waals surface area contributed by atoms with Crippen LogP contribution in [0.15, 0.2) is 36.7 Å². The van der Waals surface area contributed by atoms with Gasteiger partial charge in [0, 0.05) is 38.1 Å². The van der Waals surface area contributed by atoms with Crippen molar-refractivity contribution >= 4 is 11.0 Å². The zero-order valence-corrected chi connectivity index (χ0v) is 18.3. The maximum Gasteiger partial charge on any atom is 0.141 e. The SMILES string of the molecule is Cc1ccc2c(c1)nc(C(C)(C)O)n2C1CCN(CC2Cc3ccncc3C2)CC1. The predicted octanol–water partition coefficient (Wildman–Crippen LogP) is 4.02. The molecule has 1 aliphatic heterocycles. The monoisotopic (exact) mass is 404 g/mol. The molecule has 3 heterocycles. The van der Waals surface area contributed by atoms with Crippen LogP contribution in [0.5, 0.6) is 0 Å². The number of benzene rings is 1. The van der Waals surface area contributed by atoms with Gasteiger partial charge in [-0.05, 0) is 87.3 Å². The molecule has 3 aromatic rings. The second-order valence-electron chi connectivity index (χ2n) is 9.81. The number of fused-ring (bicyclic) bond motifs is 2. The molecule has 5 rings (SSSR count). The summed E-state index contributed by atoms with van der Waals surface area (Å²) in [6.45, 7) is 9.17. The lowest BCUT2D eigenvalue weighted by Gasteiger charge is -2.35. The second kappa shape index (κ2) is 7.47. The quantitative estimate of drug-likeness (QED) is 0.714. The second-order valence-corrected chi connectivity index (χ2v) is 9.81. The summed E-state index contributed by atoms with van der Waals surface area (Å²) < 4.78 is 2.32. The van der Waals surface area contributed by atoms with Gasteiger partial charge in [0.05, 0.1) is 11.0 Å². The molecule has 0 bridgehead atoms. The third-order valence-corrected chi connectivity index (χ3v) is 6.85. The lowest BCUT2D eigenvalue weighted by Crippen LogP contribution is -2.39. The van der Waals surface area contributed by atoms with Crippen LogP contribution in [0, 0.1) is 12.8 Å². The number of likely N-dealkylation sites (tertiary alicyclic amines) is 1. The molecule has 1 fully saturated rings. The molecule has 1 aromatic carbocycles. The van der Waals surface area contributed by atoms with E-state index >= 15 is 0 Å². The highest BCUT2D eigenvalue weighted by Crippen LogP contribution is 2.34. The summed E-state index contributed by atoms with van der Waals surface area (Å²) >= 11 is 0. The molecule has 0 spiro atoms. The topological polar surface area (TPSA) is 54.2 Å².